The Morgan fingerprint density at radius 1 is 1.15 bits per heavy atom. The number of hydrogen-bond acceptors (Lipinski definition) is 4. The molecule has 3 atom stereocenters. The molecule has 7 nitrogen and oxygen atoms in total. The molecule has 0 spiro atoms. The van der Waals surface area contributed by atoms with Crippen molar-refractivity contribution in [2.75, 3.05) is 37.7 Å². The van der Waals surface area contributed by atoms with E-state index in [-0.39, 0.29) is 47.4 Å². The molecular weight excluding hydrogens is 479 g/mol. The summed E-state index contributed by atoms with van der Waals surface area (Å²) >= 11 is 0. The maximum Gasteiger partial charge on any atom is 0.222 e. The summed E-state index contributed by atoms with van der Waals surface area (Å²) in [5.74, 6) is 2.64. The van der Waals surface area contributed by atoms with Gasteiger partial charge in [0.15, 0.2) is 15.8 Å². The molecule has 0 aromatic rings. The number of halogens is 1. The lowest BCUT2D eigenvalue weighted by Gasteiger charge is -2.22. The zero-order valence-electron chi connectivity index (χ0n) is 16.2. The molecule has 1 aliphatic carbocycles. The Balaban J connectivity index is 0.00000261. The van der Waals surface area contributed by atoms with Crippen LogP contribution in [-0.4, -0.2) is 68.9 Å². The molecule has 3 aliphatic rings. The number of carbonyl (C=O) groups is 1. The zero-order chi connectivity index (χ0) is 18.6. The number of likely N-dealkylation sites (tertiary alicyclic amines) is 1. The second-order valence-electron chi connectivity index (χ2n) is 7.86. The number of amides is 1. The Kier molecular flexibility index (Phi) is 8.64. The van der Waals surface area contributed by atoms with Gasteiger partial charge in [0.25, 0.3) is 0 Å². The van der Waals surface area contributed by atoms with Crippen LogP contribution in [0.2, 0.25) is 0 Å². The fourth-order valence-electron chi connectivity index (χ4n) is 4.48. The fourth-order valence-corrected chi connectivity index (χ4v) is 6.15. The molecule has 2 saturated heterocycles. The van der Waals surface area contributed by atoms with Gasteiger partial charge in [-0.25, -0.2) is 8.42 Å². The highest BCUT2D eigenvalue weighted by molar-refractivity contribution is 14.0. The molecular formula is C18H33IN4O3S. The summed E-state index contributed by atoms with van der Waals surface area (Å²) in [5.41, 5.74) is 0. The van der Waals surface area contributed by atoms with Crippen molar-refractivity contribution in [2.45, 2.75) is 51.5 Å². The van der Waals surface area contributed by atoms with Crippen molar-refractivity contribution in [1.29, 1.82) is 0 Å². The molecule has 2 heterocycles. The first-order chi connectivity index (χ1) is 12.5. The highest BCUT2D eigenvalue weighted by atomic mass is 127. The summed E-state index contributed by atoms with van der Waals surface area (Å²) in [7, 11) is -2.96. The van der Waals surface area contributed by atoms with Crippen molar-refractivity contribution in [1.82, 2.24) is 15.5 Å². The lowest BCUT2D eigenvalue weighted by atomic mass is 9.82. The van der Waals surface area contributed by atoms with Gasteiger partial charge in [-0.1, -0.05) is 12.8 Å². The van der Waals surface area contributed by atoms with E-state index in [1.807, 2.05) is 0 Å². The lowest BCUT2D eigenvalue weighted by Crippen LogP contribution is -2.40. The summed E-state index contributed by atoms with van der Waals surface area (Å²) in [6, 6.07) is -0.230. The summed E-state index contributed by atoms with van der Waals surface area (Å²) in [5, 5.41) is 6.19. The van der Waals surface area contributed by atoms with Crippen LogP contribution in [0, 0.1) is 11.8 Å². The average molecular weight is 512 g/mol. The molecule has 156 valence electrons. The van der Waals surface area contributed by atoms with Gasteiger partial charge in [-0.15, -0.1) is 24.0 Å². The van der Waals surface area contributed by atoms with Crippen molar-refractivity contribution in [2.24, 2.45) is 16.8 Å². The predicted octanol–water partition coefficient (Wildman–Crippen LogP) is 1.39. The molecule has 3 rings (SSSR count). The number of guanidine groups is 1. The quantitative estimate of drug-likeness (QED) is 0.330. The third kappa shape index (κ3) is 6.47. The van der Waals surface area contributed by atoms with Crippen LogP contribution >= 0.6 is 24.0 Å². The molecule has 2 N–H and O–H groups in total. The van der Waals surface area contributed by atoms with Gasteiger partial charge < -0.3 is 15.5 Å². The number of rotatable bonds is 5. The SMILES string of the molecule is CCNC(=NCCC(=O)NC1CCS(=O)(=O)C1)N1CC2CCCCC2C1.I. The van der Waals surface area contributed by atoms with Gasteiger partial charge >= 0.3 is 0 Å². The molecule has 1 amide bonds. The van der Waals surface area contributed by atoms with E-state index in [1.165, 1.54) is 25.7 Å². The number of nitrogens with one attached hydrogen (secondary N) is 2. The van der Waals surface area contributed by atoms with E-state index in [0.717, 1.165) is 37.4 Å². The number of carbonyl (C=O) groups excluding carboxylic acids is 1. The monoisotopic (exact) mass is 512 g/mol. The van der Waals surface area contributed by atoms with Gasteiger partial charge in [0.2, 0.25) is 5.91 Å². The minimum Gasteiger partial charge on any atom is -0.357 e. The first-order valence-corrected chi connectivity index (χ1v) is 11.8. The van der Waals surface area contributed by atoms with Crippen molar-refractivity contribution >= 4 is 45.7 Å². The standard InChI is InChI=1S/C18H32N4O3S.HI/c1-2-19-18(22-11-14-5-3-4-6-15(14)12-22)20-9-7-17(23)21-16-8-10-26(24,25)13-16;/h14-16H,2-13H2,1H3,(H,19,20)(H,21,23);1H. The van der Waals surface area contributed by atoms with Gasteiger partial charge in [-0.05, 0) is 38.0 Å². The van der Waals surface area contributed by atoms with E-state index in [1.54, 1.807) is 0 Å². The summed E-state index contributed by atoms with van der Waals surface area (Å²) in [6.07, 6.45) is 6.17. The number of nitrogens with zero attached hydrogens (tertiary/aromatic N) is 2. The van der Waals surface area contributed by atoms with E-state index in [2.05, 4.69) is 27.4 Å². The van der Waals surface area contributed by atoms with Gasteiger partial charge in [-0.3, -0.25) is 9.79 Å². The molecule has 0 aromatic heterocycles. The van der Waals surface area contributed by atoms with Crippen LogP contribution in [0.15, 0.2) is 4.99 Å². The number of sulfone groups is 1. The second-order valence-corrected chi connectivity index (χ2v) is 10.1. The van der Waals surface area contributed by atoms with Crippen molar-refractivity contribution in [3.63, 3.8) is 0 Å². The average Bonchev–Trinajstić information content (AvgIpc) is 3.16. The van der Waals surface area contributed by atoms with Gasteiger partial charge in [0.1, 0.15) is 0 Å². The Morgan fingerprint density at radius 2 is 1.81 bits per heavy atom. The predicted molar refractivity (Wildman–Crippen MR) is 118 cm³/mol. The minimum atomic E-state index is -2.96. The van der Waals surface area contributed by atoms with Crippen LogP contribution in [-0.2, 0) is 14.6 Å². The summed E-state index contributed by atoms with van der Waals surface area (Å²) in [6.45, 7) is 5.45. The van der Waals surface area contributed by atoms with Crippen molar-refractivity contribution in [3.8, 4) is 0 Å². The van der Waals surface area contributed by atoms with E-state index in [9.17, 15) is 13.2 Å². The van der Waals surface area contributed by atoms with Gasteiger partial charge in [-0.2, -0.15) is 0 Å². The van der Waals surface area contributed by atoms with E-state index < -0.39 is 9.84 Å². The smallest absolute Gasteiger partial charge is 0.222 e. The van der Waals surface area contributed by atoms with Crippen LogP contribution in [0.3, 0.4) is 0 Å². The van der Waals surface area contributed by atoms with E-state index >= 15 is 0 Å². The number of aliphatic imine (C=N–C) groups is 1. The molecule has 1 saturated carbocycles. The summed E-state index contributed by atoms with van der Waals surface area (Å²) < 4.78 is 22.9. The number of fused-ring (bicyclic) bond motifs is 1. The van der Waals surface area contributed by atoms with Crippen LogP contribution < -0.4 is 10.6 Å². The fraction of sp³-hybridized carbons (Fsp3) is 0.889. The van der Waals surface area contributed by atoms with Crippen molar-refractivity contribution < 1.29 is 13.2 Å². The first-order valence-electron chi connectivity index (χ1n) is 10.00. The normalized spacial score (nSPS) is 29.7. The first kappa shape index (κ1) is 22.7. The molecule has 27 heavy (non-hydrogen) atoms. The van der Waals surface area contributed by atoms with Gasteiger partial charge in [0.05, 0.1) is 18.1 Å². The zero-order valence-corrected chi connectivity index (χ0v) is 19.3. The van der Waals surface area contributed by atoms with Gasteiger partial charge in [0, 0.05) is 32.1 Å². The maximum atomic E-state index is 12.1. The molecule has 0 radical (unpaired) electrons. The summed E-state index contributed by atoms with van der Waals surface area (Å²) in [4.78, 5) is 19.1. The topological polar surface area (TPSA) is 90.9 Å². The molecule has 0 aromatic carbocycles. The van der Waals surface area contributed by atoms with Crippen LogP contribution in [0.1, 0.15) is 45.4 Å². The van der Waals surface area contributed by atoms with E-state index in [4.69, 9.17) is 0 Å². The Bertz CT molecular complexity index is 627. The van der Waals surface area contributed by atoms with Crippen LogP contribution in [0.4, 0.5) is 0 Å². The minimum absolute atomic E-state index is 0. The van der Waals surface area contributed by atoms with Crippen LogP contribution in [0.25, 0.3) is 0 Å². The molecule has 2 aliphatic heterocycles. The highest BCUT2D eigenvalue weighted by Crippen LogP contribution is 2.35. The Hall–Kier alpha value is -0.580. The molecule has 3 fully saturated rings. The highest BCUT2D eigenvalue weighted by Gasteiger charge is 2.35. The largest absolute Gasteiger partial charge is 0.357 e. The second kappa shape index (κ2) is 10.3. The van der Waals surface area contributed by atoms with Crippen LogP contribution in [0.5, 0.6) is 0 Å². The third-order valence-corrected chi connectivity index (χ3v) is 7.58. The Labute approximate surface area is 180 Å². The third-order valence-electron chi connectivity index (χ3n) is 5.81. The molecule has 3 unspecified atom stereocenters. The van der Waals surface area contributed by atoms with E-state index in [0.29, 0.717) is 19.4 Å². The molecule has 0 bridgehead atoms. The number of hydrogen-bond donors (Lipinski definition) is 2. The lowest BCUT2D eigenvalue weighted by molar-refractivity contribution is -0.121. The Morgan fingerprint density at radius 3 is 2.37 bits per heavy atom. The van der Waals surface area contributed by atoms with Crippen molar-refractivity contribution in [3.05, 3.63) is 0 Å². The molecule has 9 heteroatoms. The maximum absolute atomic E-state index is 12.1.